The number of carbonyl (C=O) groups is 6. The summed E-state index contributed by atoms with van der Waals surface area (Å²) in [6.45, 7) is 15.9. The number of esters is 4. The fraction of sp³-hybridized carbons (Fsp3) is 0.342. The molecule has 0 aliphatic carbocycles. The highest BCUT2D eigenvalue weighted by molar-refractivity contribution is 6.02. The van der Waals surface area contributed by atoms with E-state index >= 15 is 0 Å². The maximum Gasteiger partial charge on any atom is 0.373 e. The lowest BCUT2D eigenvalue weighted by Crippen LogP contribution is -2.34. The summed E-state index contributed by atoms with van der Waals surface area (Å²) in [6, 6.07) is 31.6. The predicted octanol–water partition coefficient (Wildman–Crippen LogP) is 12.0. The first-order valence-corrected chi connectivity index (χ1v) is 31.1. The van der Waals surface area contributed by atoms with Crippen molar-refractivity contribution in [1.82, 2.24) is 23.3 Å². The van der Waals surface area contributed by atoms with Crippen LogP contribution in [0.25, 0.3) is 54.5 Å². The topological polar surface area (TPSA) is 330 Å². The highest BCUT2D eigenvalue weighted by Crippen LogP contribution is 2.42. The summed E-state index contributed by atoms with van der Waals surface area (Å²) in [7, 11) is 15.3. The Morgan fingerprint density at radius 3 is 1.46 bits per heavy atom. The van der Waals surface area contributed by atoms with Gasteiger partial charge in [-0.2, -0.15) is 19.2 Å². The molecule has 5 aromatic carbocycles. The molecular formula is C73H85N5O21. The van der Waals surface area contributed by atoms with Crippen molar-refractivity contribution in [3.8, 4) is 28.7 Å². The van der Waals surface area contributed by atoms with Gasteiger partial charge in [-0.05, 0) is 169 Å². The quantitative estimate of drug-likeness (QED) is 0.0500. The zero-order valence-electron chi connectivity index (χ0n) is 58.7. The van der Waals surface area contributed by atoms with Crippen molar-refractivity contribution >= 4 is 103 Å². The molecule has 26 heteroatoms. The SMILES string of the molecule is CCOC(=O)c1cc2c(C(C)(CC)C(=O)OCC)c(OC)ccc2n1C.CCOC(=O)c1cc2cc(OC)ccc2[nH]1.CCOC(=O)c1cc2cc(OC)ccc2n1C.CCc1c(C(=O)O)n(C)c2ccc(OC)cc12.COc1ccc2c(c1)c(C(C)C(=O)O)cn2C.O=C=O.O=C=O. The molecule has 2 unspecified atom stereocenters. The Bertz CT molecular complexity index is 4520. The fourth-order valence-corrected chi connectivity index (χ4v) is 10.9. The number of methoxy groups -OCH3 is 5. The Kier molecular flexibility index (Phi) is 30.3. The van der Waals surface area contributed by atoms with E-state index in [-0.39, 0.29) is 30.2 Å². The molecule has 0 amide bonds. The van der Waals surface area contributed by atoms with Gasteiger partial charge in [-0.3, -0.25) is 9.59 Å². The van der Waals surface area contributed by atoms with E-state index in [1.54, 1.807) is 106 Å². The first-order chi connectivity index (χ1) is 47.2. The third-order valence-corrected chi connectivity index (χ3v) is 16.1. The van der Waals surface area contributed by atoms with Gasteiger partial charge in [0, 0.05) is 94.5 Å². The number of nitrogens with zero attached hydrogens (tertiary/aromatic N) is 4. The Hall–Kier alpha value is -11.6. The van der Waals surface area contributed by atoms with Crippen LogP contribution >= 0.6 is 0 Å². The molecule has 528 valence electrons. The molecule has 99 heavy (non-hydrogen) atoms. The van der Waals surface area contributed by atoms with Crippen LogP contribution in [0.15, 0.2) is 109 Å². The van der Waals surface area contributed by atoms with E-state index in [1.807, 2.05) is 141 Å². The van der Waals surface area contributed by atoms with Gasteiger partial charge < -0.3 is 76.1 Å². The Morgan fingerprint density at radius 2 is 0.970 bits per heavy atom. The summed E-state index contributed by atoms with van der Waals surface area (Å²) in [5, 5.41) is 22.9. The minimum absolute atomic E-state index is 0.250. The Morgan fingerprint density at radius 1 is 0.515 bits per heavy atom. The number of aryl methyl sites for hydroxylation is 5. The van der Waals surface area contributed by atoms with Crippen molar-refractivity contribution in [2.24, 2.45) is 28.2 Å². The summed E-state index contributed by atoms with van der Waals surface area (Å²) in [4.78, 5) is 106. The second kappa shape index (κ2) is 37.6. The van der Waals surface area contributed by atoms with Gasteiger partial charge in [0.2, 0.25) is 0 Å². The molecule has 10 aromatic rings. The third kappa shape index (κ3) is 18.9. The molecule has 0 bridgehead atoms. The summed E-state index contributed by atoms with van der Waals surface area (Å²) in [5.74, 6) is 0.0439. The van der Waals surface area contributed by atoms with Crippen molar-refractivity contribution < 1.29 is 101 Å². The van der Waals surface area contributed by atoms with Gasteiger partial charge in [0.25, 0.3) is 0 Å². The maximum absolute atomic E-state index is 12.8. The van der Waals surface area contributed by atoms with Crippen LogP contribution in [-0.4, -0.2) is 144 Å². The van der Waals surface area contributed by atoms with Crippen LogP contribution in [0.5, 0.6) is 28.7 Å². The lowest BCUT2D eigenvalue weighted by Gasteiger charge is -2.28. The van der Waals surface area contributed by atoms with Crippen LogP contribution in [0, 0.1) is 0 Å². The van der Waals surface area contributed by atoms with Crippen molar-refractivity contribution in [2.45, 2.75) is 79.6 Å². The summed E-state index contributed by atoms with van der Waals surface area (Å²) in [6.07, 6.45) is 3.58. The molecule has 0 radical (unpaired) electrons. The molecule has 3 N–H and O–H groups in total. The highest BCUT2D eigenvalue weighted by Gasteiger charge is 2.40. The van der Waals surface area contributed by atoms with Gasteiger partial charge in [0.1, 0.15) is 51.5 Å². The summed E-state index contributed by atoms with van der Waals surface area (Å²) in [5.41, 5.74) is 7.93. The van der Waals surface area contributed by atoms with Gasteiger partial charge in [-0.1, -0.05) is 13.8 Å². The number of aromatic carboxylic acids is 1. The van der Waals surface area contributed by atoms with Crippen LogP contribution in [0.1, 0.15) is 126 Å². The first-order valence-electron chi connectivity index (χ1n) is 31.1. The van der Waals surface area contributed by atoms with Gasteiger partial charge in [-0.25, -0.2) is 19.2 Å². The number of carbonyl (C=O) groups excluding carboxylic acids is 8. The van der Waals surface area contributed by atoms with Gasteiger partial charge in [0.05, 0.1) is 73.3 Å². The summed E-state index contributed by atoms with van der Waals surface area (Å²) < 4.78 is 53.8. The molecule has 0 saturated heterocycles. The molecule has 0 spiro atoms. The van der Waals surface area contributed by atoms with E-state index in [0.717, 1.165) is 94.2 Å². The molecule has 0 fully saturated rings. The minimum atomic E-state index is -0.895. The van der Waals surface area contributed by atoms with Gasteiger partial charge in [0.15, 0.2) is 0 Å². The van der Waals surface area contributed by atoms with Crippen LogP contribution in [0.2, 0.25) is 0 Å². The number of H-pyrrole nitrogens is 1. The number of aromatic amines is 1. The number of hydrogen-bond acceptors (Lipinski definition) is 19. The molecule has 10 rings (SSSR count). The number of carboxylic acid groups (broad SMARTS) is 2. The number of nitrogens with one attached hydrogen (secondary N) is 1. The molecular weight excluding hydrogens is 1280 g/mol. The normalized spacial score (nSPS) is 11.2. The minimum Gasteiger partial charge on any atom is -0.497 e. The van der Waals surface area contributed by atoms with Crippen LogP contribution < -0.4 is 23.7 Å². The van der Waals surface area contributed by atoms with Crippen LogP contribution in [0.4, 0.5) is 0 Å². The van der Waals surface area contributed by atoms with Gasteiger partial charge >= 0.3 is 48.1 Å². The number of benzene rings is 5. The largest absolute Gasteiger partial charge is 0.497 e. The molecule has 0 saturated carbocycles. The highest BCUT2D eigenvalue weighted by atomic mass is 16.5. The fourth-order valence-electron chi connectivity index (χ4n) is 10.9. The number of carboxylic acids is 2. The monoisotopic (exact) mass is 1370 g/mol. The predicted molar refractivity (Wildman–Crippen MR) is 367 cm³/mol. The van der Waals surface area contributed by atoms with Crippen molar-refractivity contribution in [2.75, 3.05) is 62.0 Å². The van der Waals surface area contributed by atoms with Crippen LogP contribution in [0.3, 0.4) is 0 Å². The van der Waals surface area contributed by atoms with Gasteiger partial charge in [-0.15, -0.1) is 0 Å². The van der Waals surface area contributed by atoms with E-state index in [0.29, 0.717) is 67.8 Å². The van der Waals surface area contributed by atoms with E-state index in [2.05, 4.69) is 4.98 Å². The molecule has 0 aliphatic heterocycles. The van der Waals surface area contributed by atoms with Crippen molar-refractivity contribution in [1.29, 1.82) is 0 Å². The first kappa shape index (κ1) is 79.8. The van der Waals surface area contributed by atoms with Crippen molar-refractivity contribution in [3.05, 3.63) is 149 Å². The number of aliphatic carboxylic acids is 1. The number of fused-ring (bicyclic) bond motifs is 5. The Labute approximate surface area is 571 Å². The summed E-state index contributed by atoms with van der Waals surface area (Å²) >= 11 is 0. The third-order valence-electron chi connectivity index (χ3n) is 16.1. The van der Waals surface area contributed by atoms with Crippen LogP contribution in [-0.2, 0) is 87.7 Å². The number of rotatable bonds is 19. The van der Waals surface area contributed by atoms with E-state index in [4.69, 9.17) is 66.9 Å². The Balaban J connectivity index is 0.000000260. The lowest BCUT2D eigenvalue weighted by atomic mass is 9.78. The second-order valence-corrected chi connectivity index (χ2v) is 21.6. The standard InChI is InChI=1S/C20H27NO5.3C13H15NO3.C12H13NO3.2CO2/c1-7-20(4,19(23)26-9-3)17-13-12-15(18(22)25-8-2)21(5)14(13)10-11-16(17)24-6;1-8(13(15)16)11-7-14(2)12-5-4-9(17-3)6-10(11)12;1-4-17-13(15)12-8-9-7-10(16-3)5-6-11(9)14(12)2;1-4-9-10-7-8(17-3)5-6-11(10)14(2)12(9)13(15)16;1-3-16-12(14)11-7-8-6-9(15-2)4-5-10(8)13-11;2*2-1-3/h10-12H,7-9H2,1-6H3;4-8H,1-3H3,(H,15,16);5-8H,4H2,1-3H3;5-7H,4H2,1-3H3,(H,15,16);4-7,13H,3H2,1-2H3;;. The molecule has 2 atom stereocenters. The lowest BCUT2D eigenvalue weighted by molar-refractivity contribution is -0.193. The van der Waals surface area contributed by atoms with Crippen molar-refractivity contribution in [3.63, 3.8) is 0 Å². The van der Waals surface area contributed by atoms with E-state index in [1.165, 1.54) is 0 Å². The molecule has 0 aliphatic rings. The average molecular weight is 1370 g/mol. The maximum atomic E-state index is 12.8. The molecule has 5 heterocycles. The second-order valence-electron chi connectivity index (χ2n) is 21.6. The number of hydrogen-bond donors (Lipinski definition) is 3. The van der Waals surface area contributed by atoms with E-state index < -0.39 is 29.2 Å². The zero-order chi connectivity index (χ0) is 74.0. The number of aromatic nitrogens is 5. The molecule has 5 aromatic heterocycles. The number of ether oxygens (including phenoxy) is 9. The zero-order valence-corrected chi connectivity index (χ0v) is 58.7. The molecule has 26 nitrogen and oxygen atoms in total. The smallest absolute Gasteiger partial charge is 0.373 e. The average Bonchev–Trinajstić information content (AvgIpc) is 1.69. The van der Waals surface area contributed by atoms with E-state index in [9.17, 15) is 33.9 Å².